The molecule has 0 radical (unpaired) electrons. The van der Waals surface area contributed by atoms with Crippen LogP contribution in [0.25, 0.3) is 0 Å². The SMILES string of the molecule is CCCCN(CCC(=O)O)CC(=O)NCC1CCCO1. The van der Waals surface area contributed by atoms with Gasteiger partial charge in [0.15, 0.2) is 0 Å². The highest BCUT2D eigenvalue weighted by Gasteiger charge is 2.17. The van der Waals surface area contributed by atoms with E-state index in [1.807, 2.05) is 4.90 Å². The van der Waals surface area contributed by atoms with Crippen molar-refractivity contribution in [1.29, 1.82) is 0 Å². The van der Waals surface area contributed by atoms with Crippen molar-refractivity contribution in [2.24, 2.45) is 0 Å². The molecule has 20 heavy (non-hydrogen) atoms. The number of nitrogens with zero attached hydrogens (tertiary/aromatic N) is 1. The molecule has 1 fully saturated rings. The van der Waals surface area contributed by atoms with Gasteiger partial charge in [-0.05, 0) is 25.8 Å². The van der Waals surface area contributed by atoms with E-state index in [1.165, 1.54) is 0 Å². The zero-order valence-electron chi connectivity index (χ0n) is 12.3. The van der Waals surface area contributed by atoms with Crippen LogP contribution < -0.4 is 5.32 Å². The second-order valence-electron chi connectivity index (χ2n) is 5.21. The summed E-state index contributed by atoms with van der Waals surface area (Å²) in [7, 11) is 0. The van der Waals surface area contributed by atoms with Gasteiger partial charge in [-0.2, -0.15) is 0 Å². The number of carboxylic acids is 1. The van der Waals surface area contributed by atoms with E-state index in [1.54, 1.807) is 0 Å². The van der Waals surface area contributed by atoms with E-state index in [0.29, 0.717) is 13.1 Å². The Morgan fingerprint density at radius 1 is 1.40 bits per heavy atom. The Balaban J connectivity index is 2.25. The number of ether oxygens (including phenoxy) is 1. The standard InChI is InChI=1S/C14H26N2O4/c1-2-3-7-16(8-6-14(18)19)11-13(17)15-10-12-5-4-9-20-12/h12H,2-11H2,1H3,(H,15,17)(H,18,19). The number of hydrogen-bond donors (Lipinski definition) is 2. The van der Waals surface area contributed by atoms with Gasteiger partial charge < -0.3 is 15.2 Å². The summed E-state index contributed by atoms with van der Waals surface area (Å²) in [5, 5.41) is 11.6. The smallest absolute Gasteiger partial charge is 0.304 e. The lowest BCUT2D eigenvalue weighted by Crippen LogP contribution is -2.41. The summed E-state index contributed by atoms with van der Waals surface area (Å²) in [5.41, 5.74) is 0. The van der Waals surface area contributed by atoms with E-state index in [2.05, 4.69) is 12.2 Å². The number of carbonyl (C=O) groups is 2. The monoisotopic (exact) mass is 286 g/mol. The van der Waals surface area contributed by atoms with Gasteiger partial charge in [0.25, 0.3) is 0 Å². The molecule has 1 saturated heterocycles. The fourth-order valence-electron chi connectivity index (χ4n) is 2.20. The summed E-state index contributed by atoms with van der Waals surface area (Å²) in [6.45, 7) is 4.86. The summed E-state index contributed by atoms with van der Waals surface area (Å²) in [6, 6.07) is 0. The Kier molecular flexibility index (Phi) is 8.22. The van der Waals surface area contributed by atoms with Crippen LogP contribution in [0, 0.1) is 0 Å². The van der Waals surface area contributed by atoms with Crippen LogP contribution in [-0.2, 0) is 14.3 Å². The van der Waals surface area contributed by atoms with Crippen molar-refractivity contribution in [2.75, 3.05) is 32.8 Å². The zero-order valence-corrected chi connectivity index (χ0v) is 12.3. The molecule has 0 bridgehead atoms. The molecule has 0 aromatic carbocycles. The highest BCUT2D eigenvalue weighted by atomic mass is 16.5. The number of aliphatic carboxylic acids is 1. The first-order valence-corrected chi connectivity index (χ1v) is 7.44. The Morgan fingerprint density at radius 3 is 2.80 bits per heavy atom. The lowest BCUT2D eigenvalue weighted by Gasteiger charge is -2.21. The maximum absolute atomic E-state index is 11.9. The first-order chi connectivity index (χ1) is 9.61. The van der Waals surface area contributed by atoms with Crippen LogP contribution >= 0.6 is 0 Å². The lowest BCUT2D eigenvalue weighted by atomic mass is 10.2. The van der Waals surface area contributed by atoms with E-state index < -0.39 is 5.97 Å². The maximum Gasteiger partial charge on any atom is 0.304 e. The van der Waals surface area contributed by atoms with Gasteiger partial charge in [0, 0.05) is 19.7 Å². The van der Waals surface area contributed by atoms with Gasteiger partial charge in [0.1, 0.15) is 0 Å². The van der Waals surface area contributed by atoms with Crippen molar-refractivity contribution >= 4 is 11.9 Å². The quantitative estimate of drug-likeness (QED) is 0.622. The molecular weight excluding hydrogens is 260 g/mol. The Bertz CT molecular complexity index is 304. The molecule has 1 aliphatic rings. The highest BCUT2D eigenvalue weighted by molar-refractivity contribution is 5.78. The normalized spacial score (nSPS) is 18.4. The third kappa shape index (κ3) is 7.45. The van der Waals surface area contributed by atoms with Gasteiger partial charge >= 0.3 is 5.97 Å². The van der Waals surface area contributed by atoms with E-state index >= 15 is 0 Å². The average molecular weight is 286 g/mol. The molecule has 6 nitrogen and oxygen atoms in total. The minimum atomic E-state index is -0.828. The van der Waals surface area contributed by atoms with E-state index in [-0.39, 0.29) is 25.0 Å². The Hall–Kier alpha value is -1.14. The van der Waals surface area contributed by atoms with Gasteiger partial charge in [0.2, 0.25) is 5.91 Å². The van der Waals surface area contributed by atoms with Crippen molar-refractivity contribution in [1.82, 2.24) is 10.2 Å². The Morgan fingerprint density at radius 2 is 2.20 bits per heavy atom. The fraction of sp³-hybridized carbons (Fsp3) is 0.857. The predicted molar refractivity (Wildman–Crippen MR) is 75.6 cm³/mol. The van der Waals surface area contributed by atoms with Crippen LogP contribution in [0.4, 0.5) is 0 Å². The molecule has 0 aromatic heterocycles. The van der Waals surface area contributed by atoms with Crippen molar-refractivity contribution < 1.29 is 19.4 Å². The maximum atomic E-state index is 11.9. The number of carboxylic acid groups (broad SMARTS) is 1. The zero-order chi connectivity index (χ0) is 14.8. The molecule has 0 aliphatic carbocycles. The van der Waals surface area contributed by atoms with Gasteiger partial charge in [-0.3, -0.25) is 14.5 Å². The average Bonchev–Trinajstić information content (AvgIpc) is 2.92. The van der Waals surface area contributed by atoms with Gasteiger partial charge in [-0.25, -0.2) is 0 Å². The largest absolute Gasteiger partial charge is 0.481 e. The van der Waals surface area contributed by atoms with Crippen LogP contribution in [0.2, 0.25) is 0 Å². The second kappa shape index (κ2) is 9.72. The van der Waals surface area contributed by atoms with Gasteiger partial charge in [-0.15, -0.1) is 0 Å². The third-order valence-corrected chi connectivity index (χ3v) is 3.39. The first-order valence-electron chi connectivity index (χ1n) is 7.44. The molecule has 6 heteroatoms. The topological polar surface area (TPSA) is 78.9 Å². The summed E-state index contributed by atoms with van der Waals surface area (Å²) in [6.07, 6.45) is 4.27. The molecule has 2 N–H and O–H groups in total. The highest BCUT2D eigenvalue weighted by Crippen LogP contribution is 2.10. The molecule has 116 valence electrons. The molecule has 0 spiro atoms. The Labute approximate surface area is 120 Å². The second-order valence-corrected chi connectivity index (χ2v) is 5.21. The molecule has 1 atom stereocenters. The summed E-state index contributed by atoms with van der Waals surface area (Å²) in [4.78, 5) is 24.4. The van der Waals surface area contributed by atoms with Crippen molar-refractivity contribution in [2.45, 2.75) is 45.1 Å². The summed E-state index contributed by atoms with van der Waals surface area (Å²) < 4.78 is 5.45. The van der Waals surface area contributed by atoms with Crippen LogP contribution in [0.3, 0.4) is 0 Å². The van der Waals surface area contributed by atoms with Crippen molar-refractivity contribution in [3.8, 4) is 0 Å². The fourth-order valence-corrected chi connectivity index (χ4v) is 2.20. The summed E-state index contributed by atoms with van der Waals surface area (Å²) >= 11 is 0. The number of rotatable bonds is 10. The molecule has 0 aromatic rings. The number of carbonyl (C=O) groups excluding carboxylic acids is 1. The molecule has 1 rings (SSSR count). The third-order valence-electron chi connectivity index (χ3n) is 3.39. The van der Waals surface area contributed by atoms with Gasteiger partial charge in [0.05, 0.1) is 19.1 Å². The van der Waals surface area contributed by atoms with Crippen LogP contribution in [-0.4, -0.2) is 60.8 Å². The van der Waals surface area contributed by atoms with Crippen molar-refractivity contribution in [3.05, 3.63) is 0 Å². The molecule has 1 unspecified atom stereocenters. The lowest BCUT2D eigenvalue weighted by molar-refractivity contribution is -0.137. The minimum absolute atomic E-state index is 0.0537. The van der Waals surface area contributed by atoms with Crippen LogP contribution in [0.1, 0.15) is 39.0 Å². The van der Waals surface area contributed by atoms with E-state index in [0.717, 1.165) is 38.8 Å². The van der Waals surface area contributed by atoms with Crippen LogP contribution in [0.15, 0.2) is 0 Å². The van der Waals surface area contributed by atoms with E-state index in [9.17, 15) is 9.59 Å². The molecule has 1 amide bonds. The molecule has 1 heterocycles. The summed E-state index contributed by atoms with van der Waals surface area (Å²) in [5.74, 6) is -0.881. The van der Waals surface area contributed by atoms with Crippen molar-refractivity contribution in [3.63, 3.8) is 0 Å². The molecular formula is C14H26N2O4. The molecule has 0 saturated carbocycles. The minimum Gasteiger partial charge on any atom is -0.481 e. The predicted octanol–water partition coefficient (Wildman–Crippen LogP) is 0.858. The number of hydrogen-bond acceptors (Lipinski definition) is 4. The number of unbranched alkanes of at least 4 members (excludes halogenated alkanes) is 1. The van der Waals surface area contributed by atoms with E-state index in [4.69, 9.17) is 9.84 Å². The first kappa shape index (κ1) is 16.9. The number of nitrogens with one attached hydrogen (secondary N) is 1. The number of amides is 1. The molecule has 1 aliphatic heterocycles. The van der Waals surface area contributed by atoms with Gasteiger partial charge in [-0.1, -0.05) is 13.3 Å². The van der Waals surface area contributed by atoms with Crippen LogP contribution in [0.5, 0.6) is 0 Å².